The first-order chi connectivity index (χ1) is 8.53. The number of quaternary nitrogens is 1. The molecule has 0 fully saturated rings. The van der Waals surface area contributed by atoms with Gasteiger partial charge in [-0.15, -0.1) is 0 Å². The summed E-state index contributed by atoms with van der Waals surface area (Å²) in [6.07, 6.45) is 2.01. The maximum Gasteiger partial charge on any atom is 0.333 e. The van der Waals surface area contributed by atoms with Crippen LogP contribution in [0.4, 0.5) is 0 Å². The van der Waals surface area contributed by atoms with Crippen LogP contribution in [0.15, 0.2) is 24.8 Å². The van der Waals surface area contributed by atoms with Gasteiger partial charge in [-0.2, -0.15) is 0 Å². The largest absolute Gasteiger partial charge is 0.462 e. The van der Waals surface area contributed by atoms with E-state index in [9.17, 15) is 9.59 Å². The Balaban J connectivity index is 4.51. The van der Waals surface area contributed by atoms with Crippen LogP contribution >= 0.6 is 0 Å². The van der Waals surface area contributed by atoms with E-state index in [0.717, 1.165) is 0 Å². The molecule has 0 aliphatic heterocycles. The molecule has 0 saturated carbocycles. The van der Waals surface area contributed by atoms with E-state index in [4.69, 9.17) is 4.74 Å². The van der Waals surface area contributed by atoms with Gasteiger partial charge in [0.15, 0.2) is 0 Å². The summed E-state index contributed by atoms with van der Waals surface area (Å²) in [5.74, 6) is -0.361. The number of hydrogen-bond acceptors (Lipinski definition) is 3. The smallest absolute Gasteiger partial charge is 0.333 e. The standard InChI is InChI=1S/C15H26NO3/c1-8-13(17)11-16(6,7)15(4,5)9-10-19-14(18)12(2)3/h8H,1-2,9-11H2,3-7H3/q+1. The Bertz CT molecular complexity index is 381. The number of rotatable bonds is 8. The van der Waals surface area contributed by atoms with Gasteiger partial charge in [-0.1, -0.05) is 13.2 Å². The van der Waals surface area contributed by atoms with Crippen LogP contribution in [0.3, 0.4) is 0 Å². The lowest BCUT2D eigenvalue weighted by atomic mass is 9.96. The highest BCUT2D eigenvalue weighted by Gasteiger charge is 2.37. The van der Waals surface area contributed by atoms with E-state index in [1.165, 1.54) is 6.08 Å². The highest BCUT2D eigenvalue weighted by molar-refractivity contribution is 5.90. The summed E-state index contributed by atoms with van der Waals surface area (Å²) in [6.45, 7) is 13.5. The topological polar surface area (TPSA) is 43.4 Å². The maximum absolute atomic E-state index is 11.5. The molecular weight excluding hydrogens is 242 g/mol. The Morgan fingerprint density at radius 1 is 1.32 bits per heavy atom. The summed E-state index contributed by atoms with van der Waals surface area (Å²) in [5, 5.41) is 0. The van der Waals surface area contributed by atoms with Gasteiger partial charge in [-0.3, -0.25) is 4.79 Å². The van der Waals surface area contributed by atoms with Gasteiger partial charge >= 0.3 is 5.97 Å². The molecule has 0 aromatic rings. The highest BCUT2D eigenvalue weighted by atomic mass is 16.5. The summed E-state index contributed by atoms with van der Waals surface area (Å²) in [7, 11) is 3.98. The fourth-order valence-corrected chi connectivity index (χ4v) is 1.49. The Morgan fingerprint density at radius 2 is 1.84 bits per heavy atom. The van der Waals surface area contributed by atoms with E-state index in [0.29, 0.717) is 29.6 Å². The average Bonchev–Trinajstić information content (AvgIpc) is 2.27. The second kappa shape index (κ2) is 6.66. The van der Waals surface area contributed by atoms with Crippen LogP contribution in [-0.2, 0) is 14.3 Å². The fraction of sp³-hybridized carbons (Fsp3) is 0.600. The normalized spacial score (nSPS) is 11.8. The molecule has 0 spiro atoms. The van der Waals surface area contributed by atoms with Crippen LogP contribution in [0, 0.1) is 0 Å². The van der Waals surface area contributed by atoms with Gasteiger partial charge in [0.25, 0.3) is 0 Å². The van der Waals surface area contributed by atoms with Crippen LogP contribution in [-0.4, -0.2) is 49.0 Å². The lowest BCUT2D eigenvalue weighted by Crippen LogP contribution is -2.58. The SMILES string of the molecule is C=CC(=O)C[N+](C)(C)C(C)(C)CCOC(=O)C(=C)C. The van der Waals surface area contributed by atoms with Crippen LogP contribution in [0.5, 0.6) is 0 Å². The lowest BCUT2D eigenvalue weighted by Gasteiger charge is -2.44. The van der Waals surface area contributed by atoms with Crippen LogP contribution in [0.25, 0.3) is 0 Å². The summed E-state index contributed by atoms with van der Waals surface area (Å²) in [4.78, 5) is 22.8. The van der Waals surface area contributed by atoms with Crippen molar-refractivity contribution in [1.82, 2.24) is 0 Å². The summed E-state index contributed by atoms with van der Waals surface area (Å²) < 4.78 is 5.63. The molecule has 0 aromatic heterocycles. The number of hydrogen-bond donors (Lipinski definition) is 0. The Morgan fingerprint density at radius 3 is 2.26 bits per heavy atom. The second-order valence-electron chi connectivity index (χ2n) is 5.99. The van der Waals surface area contributed by atoms with Gasteiger partial charge in [0.2, 0.25) is 5.78 Å². The quantitative estimate of drug-likeness (QED) is 0.385. The minimum absolute atomic E-state index is 0.0111. The van der Waals surface area contributed by atoms with Crippen molar-refractivity contribution in [3.8, 4) is 0 Å². The Labute approximate surface area is 116 Å². The zero-order chi connectivity index (χ0) is 15.3. The van der Waals surface area contributed by atoms with Gasteiger partial charge in [0.05, 0.1) is 26.2 Å². The first-order valence-corrected chi connectivity index (χ1v) is 6.34. The molecule has 108 valence electrons. The molecular formula is C15H26NO3+. The molecule has 0 aliphatic rings. The second-order valence-corrected chi connectivity index (χ2v) is 5.99. The maximum atomic E-state index is 11.5. The van der Waals surface area contributed by atoms with Gasteiger partial charge < -0.3 is 9.22 Å². The van der Waals surface area contributed by atoms with E-state index in [1.807, 2.05) is 14.1 Å². The average molecular weight is 268 g/mol. The van der Waals surface area contributed by atoms with E-state index >= 15 is 0 Å². The molecule has 0 aromatic carbocycles. The number of esters is 1. The monoisotopic (exact) mass is 268 g/mol. The molecule has 0 radical (unpaired) electrons. The fourth-order valence-electron chi connectivity index (χ4n) is 1.49. The summed E-state index contributed by atoms with van der Waals surface area (Å²) in [6, 6.07) is 0. The molecule has 0 aliphatic carbocycles. The third-order valence-electron chi connectivity index (χ3n) is 3.71. The molecule has 0 saturated heterocycles. The number of ketones is 1. The number of ether oxygens (including phenoxy) is 1. The van der Waals surface area contributed by atoms with Crippen molar-refractivity contribution in [2.75, 3.05) is 27.2 Å². The van der Waals surface area contributed by atoms with Gasteiger partial charge in [-0.05, 0) is 26.8 Å². The lowest BCUT2D eigenvalue weighted by molar-refractivity contribution is -0.930. The van der Waals surface area contributed by atoms with Crippen molar-refractivity contribution >= 4 is 11.8 Å². The number of nitrogens with zero attached hydrogens (tertiary/aromatic N) is 1. The molecule has 0 rings (SSSR count). The molecule has 0 amide bonds. The van der Waals surface area contributed by atoms with Gasteiger partial charge in [-0.25, -0.2) is 4.79 Å². The molecule has 0 bridgehead atoms. The van der Waals surface area contributed by atoms with E-state index in [-0.39, 0.29) is 17.3 Å². The van der Waals surface area contributed by atoms with Crippen molar-refractivity contribution in [2.45, 2.75) is 32.7 Å². The summed E-state index contributed by atoms with van der Waals surface area (Å²) >= 11 is 0. The van der Waals surface area contributed by atoms with Crippen molar-refractivity contribution < 1.29 is 18.8 Å². The molecule has 0 N–H and O–H groups in total. The molecule has 0 unspecified atom stereocenters. The number of likely N-dealkylation sites (N-methyl/N-ethyl adjacent to an activating group) is 1. The predicted molar refractivity (Wildman–Crippen MR) is 76.6 cm³/mol. The van der Waals surface area contributed by atoms with Crippen LogP contribution < -0.4 is 0 Å². The van der Waals surface area contributed by atoms with E-state index in [1.54, 1.807) is 6.92 Å². The Kier molecular flexibility index (Phi) is 6.16. The molecule has 0 heterocycles. The summed E-state index contributed by atoms with van der Waals surface area (Å²) in [5.41, 5.74) is 0.210. The minimum Gasteiger partial charge on any atom is -0.462 e. The first-order valence-electron chi connectivity index (χ1n) is 6.34. The predicted octanol–water partition coefficient (Wildman–Crippen LogP) is 2.11. The third-order valence-corrected chi connectivity index (χ3v) is 3.71. The number of carbonyl (C=O) groups excluding carboxylic acids is 2. The van der Waals surface area contributed by atoms with Crippen molar-refractivity contribution in [2.24, 2.45) is 0 Å². The first kappa shape index (κ1) is 17.6. The zero-order valence-electron chi connectivity index (χ0n) is 12.8. The van der Waals surface area contributed by atoms with Gasteiger partial charge in [0.1, 0.15) is 6.54 Å². The molecule has 19 heavy (non-hydrogen) atoms. The van der Waals surface area contributed by atoms with Crippen molar-refractivity contribution in [3.05, 3.63) is 24.8 Å². The van der Waals surface area contributed by atoms with Crippen molar-refractivity contribution in [1.29, 1.82) is 0 Å². The van der Waals surface area contributed by atoms with E-state index < -0.39 is 0 Å². The minimum atomic E-state index is -0.372. The Hall–Kier alpha value is -1.42. The van der Waals surface area contributed by atoms with Crippen LogP contribution in [0.2, 0.25) is 0 Å². The van der Waals surface area contributed by atoms with Crippen molar-refractivity contribution in [3.63, 3.8) is 0 Å². The molecule has 0 atom stereocenters. The highest BCUT2D eigenvalue weighted by Crippen LogP contribution is 2.24. The third kappa shape index (κ3) is 5.39. The zero-order valence-corrected chi connectivity index (χ0v) is 12.8. The van der Waals surface area contributed by atoms with Gasteiger partial charge in [0, 0.05) is 12.0 Å². The van der Waals surface area contributed by atoms with E-state index in [2.05, 4.69) is 27.0 Å². The molecule has 4 heteroatoms. The molecule has 4 nitrogen and oxygen atoms in total. The van der Waals surface area contributed by atoms with Crippen LogP contribution in [0.1, 0.15) is 27.2 Å². The number of carbonyl (C=O) groups is 2.